The van der Waals surface area contributed by atoms with Crippen LogP contribution in [0.4, 0.5) is 51.2 Å². The van der Waals surface area contributed by atoms with Crippen molar-refractivity contribution in [3.8, 4) is 11.1 Å². The van der Waals surface area contributed by atoms with Crippen molar-refractivity contribution in [2.24, 2.45) is 0 Å². The zero-order valence-corrected chi connectivity index (χ0v) is 40.2. The summed E-state index contributed by atoms with van der Waals surface area (Å²) in [4.78, 5) is 7.33. The molecule has 1 aromatic heterocycles. The molecule has 0 amide bonds. The standard InChI is InChI=1S/C62H58BN3O/c1-60(2,3)43-27-25-41(26-28-43)42-17-15-20-49(39-42)66-54-23-16-22-53-57(54)63(59-58(66)51-21-13-14-24-56(51)67-59)52-38-37-50(40-55(52)65(53)46-18-11-10-12-19-46)64(47-33-29-44(30-34-47)61(4,5)6)48-35-31-45(32-36-48)62(7,8)9/h10-40H,1-9H3. The fraction of sp³-hybridized carbons (Fsp3) is 0.194. The van der Waals surface area contributed by atoms with Crippen molar-refractivity contribution in [3.63, 3.8) is 0 Å². The van der Waals surface area contributed by atoms with Gasteiger partial charge in [-0.2, -0.15) is 0 Å². The van der Waals surface area contributed by atoms with Crippen LogP contribution >= 0.6 is 0 Å². The Balaban J connectivity index is 1.12. The van der Waals surface area contributed by atoms with E-state index in [0.29, 0.717) is 0 Å². The average Bonchev–Trinajstić information content (AvgIpc) is 3.71. The highest BCUT2D eigenvalue weighted by molar-refractivity contribution is 7.00. The van der Waals surface area contributed by atoms with Gasteiger partial charge in [-0.25, -0.2) is 0 Å². The molecule has 0 atom stereocenters. The van der Waals surface area contributed by atoms with E-state index in [1.165, 1.54) is 38.7 Å². The smallest absolute Gasteiger partial charge is 0.297 e. The van der Waals surface area contributed by atoms with E-state index in [-0.39, 0.29) is 23.0 Å². The molecule has 4 nitrogen and oxygen atoms in total. The van der Waals surface area contributed by atoms with Gasteiger partial charge in [0.05, 0.1) is 11.3 Å². The number of para-hydroxylation sites is 2. The Bertz CT molecular complexity index is 3240. The molecule has 0 aliphatic carbocycles. The highest BCUT2D eigenvalue weighted by atomic mass is 16.3. The summed E-state index contributed by atoms with van der Waals surface area (Å²) in [5, 5.41) is 1.10. The topological polar surface area (TPSA) is 22.9 Å². The normalized spacial score (nSPS) is 13.4. The van der Waals surface area contributed by atoms with E-state index in [1.807, 2.05) is 0 Å². The molecule has 2 aliphatic heterocycles. The SMILES string of the molecule is CC(C)(C)c1ccc(-c2cccc(N3c4cccc5c4B(c4ccc(N(c6ccc(C(C)(C)C)cc6)c6ccc(C(C)(C)C)cc6)cc4N5c4ccccc4)c4oc5ccccc5c43)c2)cc1. The molecule has 0 spiro atoms. The highest BCUT2D eigenvalue weighted by Gasteiger charge is 2.46. The van der Waals surface area contributed by atoms with Gasteiger partial charge in [0.1, 0.15) is 5.58 Å². The minimum atomic E-state index is -0.160. The summed E-state index contributed by atoms with van der Waals surface area (Å²) in [6.07, 6.45) is 0. The van der Waals surface area contributed by atoms with Crippen LogP contribution in [0.2, 0.25) is 0 Å². The van der Waals surface area contributed by atoms with Crippen LogP contribution in [-0.2, 0) is 16.2 Å². The first-order valence-corrected chi connectivity index (χ1v) is 23.8. The monoisotopic (exact) mass is 871 g/mol. The Morgan fingerprint density at radius 2 is 0.940 bits per heavy atom. The van der Waals surface area contributed by atoms with E-state index in [9.17, 15) is 0 Å². The van der Waals surface area contributed by atoms with E-state index >= 15 is 0 Å². The molecular weight excluding hydrogens is 814 g/mol. The van der Waals surface area contributed by atoms with Crippen molar-refractivity contribution >= 4 is 85.5 Å². The number of benzene rings is 8. The molecule has 0 bridgehead atoms. The van der Waals surface area contributed by atoms with Gasteiger partial charge in [-0.05, 0) is 140 Å². The van der Waals surface area contributed by atoms with Gasteiger partial charge in [0.15, 0.2) is 0 Å². The van der Waals surface area contributed by atoms with E-state index in [0.717, 1.165) is 67.8 Å². The van der Waals surface area contributed by atoms with E-state index in [1.54, 1.807) is 0 Å². The van der Waals surface area contributed by atoms with Crippen LogP contribution in [0.25, 0.3) is 22.1 Å². The molecule has 0 saturated carbocycles. The molecule has 5 heteroatoms. The van der Waals surface area contributed by atoms with Crippen molar-refractivity contribution in [1.82, 2.24) is 0 Å². The minimum absolute atomic E-state index is 0.0399. The number of nitrogens with zero attached hydrogens (tertiary/aromatic N) is 3. The Morgan fingerprint density at radius 3 is 1.55 bits per heavy atom. The zero-order valence-electron chi connectivity index (χ0n) is 40.2. The maximum absolute atomic E-state index is 7.17. The molecule has 0 unspecified atom stereocenters. The lowest BCUT2D eigenvalue weighted by molar-refractivity contribution is 0.590. The number of rotatable bonds is 6. The van der Waals surface area contributed by atoms with Crippen LogP contribution < -0.4 is 31.3 Å². The van der Waals surface area contributed by atoms with Gasteiger partial charge < -0.3 is 19.1 Å². The summed E-state index contributed by atoms with van der Waals surface area (Å²) in [6, 6.07) is 69.6. The molecule has 0 fully saturated rings. The fourth-order valence-electron chi connectivity index (χ4n) is 10.3. The number of fused-ring (bicyclic) bond motifs is 6. The van der Waals surface area contributed by atoms with Crippen molar-refractivity contribution in [2.45, 2.75) is 78.6 Å². The second-order valence-corrected chi connectivity index (χ2v) is 21.5. The van der Waals surface area contributed by atoms with Crippen LogP contribution in [0.15, 0.2) is 192 Å². The molecule has 3 heterocycles. The summed E-state index contributed by atoms with van der Waals surface area (Å²) in [5.41, 5.74) is 20.7. The molecule has 67 heavy (non-hydrogen) atoms. The molecule has 0 radical (unpaired) electrons. The van der Waals surface area contributed by atoms with Gasteiger partial charge in [0.2, 0.25) is 0 Å². The Kier molecular flexibility index (Phi) is 9.94. The minimum Gasteiger partial charge on any atom is -0.468 e. The molecule has 0 N–H and O–H groups in total. The Hall–Kier alpha value is -7.24. The number of furan rings is 1. The van der Waals surface area contributed by atoms with E-state index in [4.69, 9.17) is 4.42 Å². The summed E-state index contributed by atoms with van der Waals surface area (Å²) in [6.45, 7) is 20.3. The van der Waals surface area contributed by atoms with Gasteiger partial charge in [0, 0.05) is 50.9 Å². The Labute approximate surface area is 397 Å². The van der Waals surface area contributed by atoms with Gasteiger partial charge in [0.25, 0.3) is 6.71 Å². The lowest BCUT2D eigenvalue weighted by Gasteiger charge is -2.42. The number of hydrogen-bond acceptors (Lipinski definition) is 4. The van der Waals surface area contributed by atoms with Crippen molar-refractivity contribution < 1.29 is 4.42 Å². The third-order valence-corrected chi connectivity index (χ3v) is 13.9. The largest absolute Gasteiger partial charge is 0.468 e. The van der Waals surface area contributed by atoms with Gasteiger partial charge >= 0.3 is 0 Å². The maximum Gasteiger partial charge on any atom is 0.297 e. The van der Waals surface area contributed by atoms with Crippen LogP contribution in [0.3, 0.4) is 0 Å². The number of anilines is 9. The molecule has 9 aromatic rings. The van der Waals surface area contributed by atoms with E-state index in [2.05, 4.69) is 265 Å². The highest BCUT2D eigenvalue weighted by Crippen LogP contribution is 2.48. The first kappa shape index (κ1) is 42.4. The van der Waals surface area contributed by atoms with Gasteiger partial charge in [-0.15, -0.1) is 0 Å². The predicted octanol–water partition coefficient (Wildman–Crippen LogP) is 15.5. The lowest BCUT2D eigenvalue weighted by Crippen LogP contribution is -2.61. The van der Waals surface area contributed by atoms with Gasteiger partial charge in [-0.3, -0.25) is 0 Å². The lowest BCUT2D eigenvalue weighted by atomic mass is 9.35. The molecule has 0 saturated heterocycles. The summed E-state index contributed by atoms with van der Waals surface area (Å²) >= 11 is 0. The summed E-state index contributed by atoms with van der Waals surface area (Å²) in [5.74, 6) is 0. The first-order chi connectivity index (χ1) is 32.1. The zero-order chi connectivity index (χ0) is 46.4. The van der Waals surface area contributed by atoms with Crippen LogP contribution in [0.1, 0.15) is 79.0 Å². The second-order valence-electron chi connectivity index (χ2n) is 21.5. The van der Waals surface area contributed by atoms with E-state index < -0.39 is 0 Å². The van der Waals surface area contributed by atoms with Crippen LogP contribution in [0, 0.1) is 0 Å². The van der Waals surface area contributed by atoms with Crippen LogP contribution in [-0.4, -0.2) is 6.71 Å². The number of hydrogen-bond donors (Lipinski definition) is 0. The van der Waals surface area contributed by atoms with Crippen molar-refractivity contribution in [3.05, 3.63) is 205 Å². The summed E-state index contributed by atoms with van der Waals surface area (Å²) < 4.78 is 7.17. The molecule has 2 aliphatic rings. The fourth-order valence-corrected chi connectivity index (χ4v) is 10.3. The van der Waals surface area contributed by atoms with Crippen molar-refractivity contribution in [1.29, 1.82) is 0 Å². The molecule has 330 valence electrons. The quantitative estimate of drug-likeness (QED) is 0.155. The third-order valence-electron chi connectivity index (χ3n) is 13.9. The van der Waals surface area contributed by atoms with Crippen LogP contribution in [0.5, 0.6) is 0 Å². The molecule has 11 rings (SSSR count). The third kappa shape index (κ3) is 7.33. The second kappa shape index (κ2) is 15.7. The molecular formula is C62H58BN3O. The average molecular weight is 872 g/mol. The predicted molar refractivity (Wildman–Crippen MR) is 286 cm³/mol. The van der Waals surface area contributed by atoms with Crippen molar-refractivity contribution in [2.75, 3.05) is 14.7 Å². The Morgan fingerprint density at radius 1 is 0.418 bits per heavy atom. The molecule has 8 aromatic carbocycles. The maximum atomic E-state index is 7.17. The first-order valence-electron chi connectivity index (χ1n) is 23.8. The van der Waals surface area contributed by atoms with Gasteiger partial charge in [-0.1, -0.05) is 165 Å². The summed E-state index contributed by atoms with van der Waals surface area (Å²) in [7, 11) is 0.